The van der Waals surface area contributed by atoms with Gasteiger partial charge >= 0.3 is 0 Å². The highest BCUT2D eigenvalue weighted by Gasteiger charge is 2.25. The molecule has 114 valence electrons. The van der Waals surface area contributed by atoms with Crippen LogP contribution in [0.1, 0.15) is 19.8 Å². The summed E-state index contributed by atoms with van der Waals surface area (Å²) in [6, 6.07) is 0.656. The van der Waals surface area contributed by atoms with Crippen LogP contribution in [0.3, 0.4) is 0 Å². The first-order chi connectivity index (χ1) is 9.31. The van der Waals surface area contributed by atoms with E-state index < -0.39 is 32.4 Å². The molecule has 0 bridgehead atoms. The molecule has 0 heterocycles. The van der Waals surface area contributed by atoms with E-state index in [1.165, 1.54) is 0 Å². The molecule has 1 atom stereocenters. The largest absolute Gasteiger partial charge is 0.330 e. The molecule has 1 unspecified atom stereocenters. The SMILES string of the molecule is CCC(CCN)CNS(=O)(=O)c1c(F)cc(F)cc1F. The normalized spacial score (nSPS) is 13.4. The van der Waals surface area contributed by atoms with Gasteiger partial charge in [-0.3, -0.25) is 0 Å². The average molecular weight is 310 g/mol. The lowest BCUT2D eigenvalue weighted by molar-refractivity contribution is 0.459. The zero-order chi connectivity index (χ0) is 15.3. The summed E-state index contributed by atoms with van der Waals surface area (Å²) in [6.45, 7) is 2.26. The maximum Gasteiger partial charge on any atom is 0.246 e. The van der Waals surface area contributed by atoms with Gasteiger partial charge in [-0.05, 0) is 18.9 Å². The third-order valence-corrected chi connectivity index (χ3v) is 4.42. The average Bonchev–Trinajstić information content (AvgIpc) is 2.32. The topological polar surface area (TPSA) is 72.2 Å². The molecule has 0 aliphatic rings. The summed E-state index contributed by atoms with van der Waals surface area (Å²) >= 11 is 0. The number of hydrogen-bond donors (Lipinski definition) is 2. The Bertz CT molecular complexity index is 541. The molecule has 20 heavy (non-hydrogen) atoms. The van der Waals surface area contributed by atoms with Crippen LogP contribution in [0, 0.1) is 23.4 Å². The van der Waals surface area contributed by atoms with Crippen LogP contribution in [0.15, 0.2) is 17.0 Å². The minimum absolute atomic E-state index is 0.0201. The number of halogens is 3. The van der Waals surface area contributed by atoms with E-state index in [0.717, 1.165) is 0 Å². The van der Waals surface area contributed by atoms with Crippen LogP contribution in [0.2, 0.25) is 0 Å². The van der Waals surface area contributed by atoms with Crippen LogP contribution in [-0.4, -0.2) is 21.5 Å². The van der Waals surface area contributed by atoms with Crippen LogP contribution in [-0.2, 0) is 10.0 Å². The summed E-state index contributed by atoms with van der Waals surface area (Å²) in [5.74, 6) is -4.11. The van der Waals surface area contributed by atoms with E-state index in [-0.39, 0.29) is 12.5 Å². The second-order valence-corrected chi connectivity index (χ2v) is 6.11. The van der Waals surface area contributed by atoms with Gasteiger partial charge in [0.2, 0.25) is 10.0 Å². The zero-order valence-electron chi connectivity index (χ0n) is 11.0. The highest BCUT2D eigenvalue weighted by molar-refractivity contribution is 7.89. The molecule has 4 nitrogen and oxygen atoms in total. The van der Waals surface area contributed by atoms with Crippen molar-refractivity contribution in [1.29, 1.82) is 0 Å². The molecule has 1 aromatic carbocycles. The van der Waals surface area contributed by atoms with Crippen molar-refractivity contribution in [2.24, 2.45) is 11.7 Å². The molecule has 0 fully saturated rings. The second-order valence-electron chi connectivity index (χ2n) is 4.40. The highest BCUT2D eigenvalue weighted by Crippen LogP contribution is 2.20. The van der Waals surface area contributed by atoms with Crippen molar-refractivity contribution in [2.45, 2.75) is 24.7 Å². The standard InChI is InChI=1S/C12H17F3N2O2S/c1-2-8(3-4-16)7-17-20(18,19)12-10(14)5-9(13)6-11(12)15/h5-6,8,17H,2-4,7,16H2,1H3. The third kappa shape index (κ3) is 4.19. The molecule has 1 rings (SSSR count). The first-order valence-electron chi connectivity index (χ1n) is 6.16. The highest BCUT2D eigenvalue weighted by atomic mass is 32.2. The number of rotatable bonds is 7. The molecule has 0 spiro atoms. The van der Waals surface area contributed by atoms with E-state index in [1.807, 2.05) is 6.92 Å². The van der Waals surface area contributed by atoms with Gasteiger partial charge in [0.15, 0.2) is 4.90 Å². The molecule has 0 aliphatic carbocycles. The Labute approximate surface area is 116 Å². The van der Waals surface area contributed by atoms with Crippen LogP contribution in [0.4, 0.5) is 13.2 Å². The number of sulfonamides is 1. The maximum atomic E-state index is 13.4. The van der Waals surface area contributed by atoms with Gasteiger partial charge in [0.25, 0.3) is 0 Å². The number of nitrogens with one attached hydrogen (secondary N) is 1. The molecule has 0 saturated carbocycles. The molecule has 1 aromatic rings. The number of nitrogens with two attached hydrogens (primary N) is 1. The lowest BCUT2D eigenvalue weighted by Crippen LogP contribution is -2.31. The Morgan fingerprint density at radius 2 is 1.80 bits per heavy atom. The van der Waals surface area contributed by atoms with Gasteiger partial charge in [-0.15, -0.1) is 0 Å². The smallest absolute Gasteiger partial charge is 0.246 e. The van der Waals surface area contributed by atoms with Crippen molar-refractivity contribution in [3.05, 3.63) is 29.6 Å². The number of benzene rings is 1. The van der Waals surface area contributed by atoms with E-state index in [0.29, 0.717) is 31.5 Å². The Morgan fingerprint density at radius 1 is 1.25 bits per heavy atom. The quantitative estimate of drug-likeness (QED) is 0.806. The molecule has 0 aromatic heterocycles. The second kappa shape index (κ2) is 7.05. The predicted octanol–water partition coefficient (Wildman–Crippen LogP) is 1.76. The molecular formula is C12H17F3N2O2S. The lowest BCUT2D eigenvalue weighted by Gasteiger charge is -2.15. The molecule has 3 N–H and O–H groups in total. The van der Waals surface area contributed by atoms with Crippen molar-refractivity contribution < 1.29 is 21.6 Å². The van der Waals surface area contributed by atoms with Crippen molar-refractivity contribution in [2.75, 3.05) is 13.1 Å². The molecule has 8 heteroatoms. The minimum atomic E-state index is -4.37. The Hall–Kier alpha value is -1.12. The van der Waals surface area contributed by atoms with Gasteiger partial charge in [-0.2, -0.15) is 0 Å². The summed E-state index contributed by atoms with van der Waals surface area (Å²) in [6.07, 6.45) is 1.27. The van der Waals surface area contributed by atoms with E-state index in [4.69, 9.17) is 5.73 Å². The first-order valence-corrected chi connectivity index (χ1v) is 7.64. The molecule has 0 aliphatic heterocycles. The van der Waals surface area contributed by atoms with Gasteiger partial charge < -0.3 is 5.73 Å². The number of hydrogen-bond acceptors (Lipinski definition) is 3. The van der Waals surface area contributed by atoms with Crippen molar-refractivity contribution in [1.82, 2.24) is 4.72 Å². The summed E-state index contributed by atoms with van der Waals surface area (Å²) in [7, 11) is -4.37. The summed E-state index contributed by atoms with van der Waals surface area (Å²) < 4.78 is 65.5. The maximum absolute atomic E-state index is 13.4. The first kappa shape index (κ1) is 16.9. The monoisotopic (exact) mass is 310 g/mol. The zero-order valence-corrected chi connectivity index (χ0v) is 11.8. The van der Waals surface area contributed by atoms with Crippen molar-refractivity contribution in [3.63, 3.8) is 0 Å². The Kier molecular flexibility index (Phi) is 5.97. The fraction of sp³-hybridized carbons (Fsp3) is 0.500. The predicted molar refractivity (Wildman–Crippen MR) is 69.0 cm³/mol. The minimum Gasteiger partial charge on any atom is -0.330 e. The Balaban J connectivity index is 2.95. The fourth-order valence-electron chi connectivity index (χ4n) is 1.77. The van der Waals surface area contributed by atoms with E-state index in [1.54, 1.807) is 0 Å². The van der Waals surface area contributed by atoms with Crippen molar-refractivity contribution in [3.8, 4) is 0 Å². The summed E-state index contributed by atoms with van der Waals surface area (Å²) in [5, 5.41) is 0. The Morgan fingerprint density at radius 3 is 2.25 bits per heavy atom. The van der Waals surface area contributed by atoms with Crippen LogP contribution in [0.5, 0.6) is 0 Å². The van der Waals surface area contributed by atoms with Crippen LogP contribution in [0.25, 0.3) is 0 Å². The molecule has 0 saturated heterocycles. The summed E-state index contributed by atoms with van der Waals surface area (Å²) in [5.41, 5.74) is 5.38. The molecule has 0 amide bonds. The van der Waals surface area contributed by atoms with Crippen LogP contribution >= 0.6 is 0 Å². The molecular weight excluding hydrogens is 293 g/mol. The van der Waals surface area contributed by atoms with Gasteiger partial charge in [0.05, 0.1) is 0 Å². The van der Waals surface area contributed by atoms with E-state index in [2.05, 4.69) is 4.72 Å². The van der Waals surface area contributed by atoms with Gasteiger partial charge in [0.1, 0.15) is 17.5 Å². The van der Waals surface area contributed by atoms with Crippen LogP contribution < -0.4 is 10.5 Å². The summed E-state index contributed by atoms with van der Waals surface area (Å²) in [4.78, 5) is -1.17. The van der Waals surface area contributed by atoms with Gasteiger partial charge in [-0.25, -0.2) is 26.3 Å². The van der Waals surface area contributed by atoms with Gasteiger partial charge in [0, 0.05) is 18.7 Å². The third-order valence-electron chi connectivity index (χ3n) is 2.95. The van der Waals surface area contributed by atoms with E-state index >= 15 is 0 Å². The van der Waals surface area contributed by atoms with E-state index in [9.17, 15) is 21.6 Å². The van der Waals surface area contributed by atoms with Crippen molar-refractivity contribution >= 4 is 10.0 Å². The van der Waals surface area contributed by atoms with Gasteiger partial charge in [-0.1, -0.05) is 13.3 Å². The fourth-order valence-corrected chi connectivity index (χ4v) is 3.00. The molecule has 0 radical (unpaired) electrons. The lowest BCUT2D eigenvalue weighted by atomic mass is 10.0.